The summed E-state index contributed by atoms with van der Waals surface area (Å²) >= 11 is 0. The van der Waals surface area contributed by atoms with Crippen molar-refractivity contribution in [1.29, 1.82) is 0 Å². The van der Waals surface area contributed by atoms with Gasteiger partial charge in [-0.3, -0.25) is 16.0 Å². The van der Waals surface area contributed by atoms with E-state index < -0.39 is 0 Å². The molecule has 96 valence electrons. The zero-order valence-electron chi connectivity index (χ0n) is 10.3. The fourth-order valence-electron chi connectivity index (χ4n) is 1.81. The summed E-state index contributed by atoms with van der Waals surface area (Å²) in [4.78, 5) is 4.27. The lowest BCUT2D eigenvalue weighted by Gasteiger charge is -2.15. The van der Waals surface area contributed by atoms with Crippen molar-refractivity contribution >= 4 is 0 Å². The van der Waals surface area contributed by atoms with Crippen LogP contribution in [-0.4, -0.2) is 25.0 Å². The van der Waals surface area contributed by atoms with Crippen LogP contribution in [0.25, 0.3) is 0 Å². The van der Waals surface area contributed by atoms with Crippen LogP contribution < -0.4 is 11.3 Å². The summed E-state index contributed by atoms with van der Waals surface area (Å²) < 4.78 is 1.90. The van der Waals surface area contributed by atoms with Crippen molar-refractivity contribution < 1.29 is 0 Å². The highest BCUT2D eigenvalue weighted by atomic mass is 15.3. The van der Waals surface area contributed by atoms with Crippen LogP contribution in [0.2, 0.25) is 0 Å². The Labute approximate surface area is 105 Å². The Hall–Kier alpha value is -1.86. The van der Waals surface area contributed by atoms with Gasteiger partial charge in [-0.2, -0.15) is 15.3 Å². The SMILES string of the molecule is CCCn1ncnc1CC(NN)c1ccnnc1. The zero-order chi connectivity index (χ0) is 12.8. The molecule has 0 aliphatic heterocycles. The standard InChI is InChI=1S/C11H17N7/c1-2-5-18-11(13-8-16-18)6-10(17-12)9-3-4-14-15-7-9/h3-4,7-8,10,17H,2,5-6,12H2,1H3. The molecule has 0 aliphatic carbocycles. The number of aromatic nitrogens is 5. The maximum Gasteiger partial charge on any atom is 0.138 e. The molecule has 0 radical (unpaired) electrons. The van der Waals surface area contributed by atoms with Gasteiger partial charge in [-0.1, -0.05) is 6.92 Å². The van der Waals surface area contributed by atoms with Crippen molar-refractivity contribution in [2.75, 3.05) is 0 Å². The van der Waals surface area contributed by atoms with Crippen molar-refractivity contribution in [2.24, 2.45) is 5.84 Å². The molecule has 0 fully saturated rings. The van der Waals surface area contributed by atoms with E-state index in [2.05, 4.69) is 32.6 Å². The average molecular weight is 247 g/mol. The number of hydrogen-bond donors (Lipinski definition) is 2. The highest BCUT2D eigenvalue weighted by Crippen LogP contribution is 2.14. The number of hydrogen-bond acceptors (Lipinski definition) is 6. The summed E-state index contributed by atoms with van der Waals surface area (Å²) in [7, 11) is 0. The van der Waals surface area contributed by atoms with Crippen molar-refractivity contribution in [3.05, 3.63) is 36.2 Å². The van der Waals surface area contributed by atoms with Gasteiger partial charge in [0.05, 0.1) is 12.2 Å². The van der Waals surface area contributed by atoms with Crippen LogP contribution >= 0.6 is 0 Å². The number of aryl methyl sites for hydroxylation is 1. The fourth-order valence-corrected chi connectivity index (χ4v) is 1.81. The summed E-state index contributed by atoms with van der Waals surface area (Å²) in [5.41, 5.74) is 3.76. The second kappa shape index (κ2) is 6.18. The highest BCUT2D eigenvalue weighted by Gasteiger charge is 2.14. The van der Waals surface area contributed by atoms with Crippen molar-refractivity contribution in [1.82, 2.24) is 30.4 Å². The smallest absolute Gasteiger partial charge is 0.138 e. The molecule has 7 nitrogen and oxygen atoms in total. The molecule has 0 spiro atoms. The summed E-state index contributed by atoms with van der Waals surface area (Å²) in [6.45, 7) is 2.97. The van der Waals surface area contributed by atoms with Gasteiger partial charge in [0.25, 0.3) is 0 Å². The molecule has 1 unspecified atom stereocenters. The Bertz CT molecular complexity index is 467. The third-order valence-electron chi connectivity index (χ3n) is 2.73. The zero-order valence-corrected chi connectivity index (χ0v) is 10.3. The summed E-state index contributed by atoms with van der Waals surface area (Å²) in [5.74, 6) is 6.50. The lowest BCUT2D eigenvalue weighted by molar-refractivity contribution is 0.497. The second-order valence-corrected chi connectivity index (χ2v) is 4.00. The minimum absolute atomic E-state index is 0.0414. The first-order valence-electron chi connectivity index (χ1n) is 5.94. The molecule has 3 N–H and O–H groups in total. The van der Waals surface area contributed by atoms with Crippen LogP contribution in [0.3, 0.4) is 0 Å². The summed E-state index contributed by atoms with van der Waals surface area (Å²) in [6.07, 6.45) is 6.61. The third kappa shape index (κ3) is 2.88. The van der Waals surface area contributed by atoms with E-state index in [1.54, 1.807) is 18.7 Å². The van der Waals surface area contributed by atoms with Crippen molar-refractivity contribution in [3.63, 3.8) is 0 Å². The molecule has 0 saturated carbocycles. The Morgan fingerprint density at radius 3 is 3.00 bits per heavy atom. The van der Waals surface area contributed by atoms with Gasteiger partial charge in [-0.15, -0.1) is 0 Å². The molecule has 1 atom stereocenters. The third-order valence-corrected chi connectivity index (χ3v) is 2.73. The first kappa shape index (κ1) is 12.6. The van der Waals surface area contributed by atoms with Crippen LogP contribution in [0, 0.1) is 0 Å². The summed E-state index contributed by atoms with van der Waals surface area (Å²) in [6, 6.07) is 1.85. The molecule has 2 aromatic heterocycles. The molecule has 18 heavy (non-hydrogen) atoms. The summed E-state index contributed by atoms with van der Waals surface area (Å²) in [5, 5.41) is 11.8. The first-order chi connectivity index (χ1) is 8.85. The van der Waals surface area contributed by atoms with Crippen LogP contribution in [0.4, 0.5) is 0 Å². The molecule has 2 heterocycles. The molecular formula is C11H17N7. The van der Waals surface area contributed by atoms with Gasteiger partial charge < -0.3 is 0 Å². The van der Waals surface area contributed by atoms with Crippen molar-refractivity contribution in [3.8, 4) is 0 Å². The fraction of sp³-hybridized carbons (Fsp3) is 0.455. The maximum atomic E-state index is 5.59. The normalized spacial score (nSPS) is 12.6. The van der Waals surface area contributed by atoms with E-state index in [0.717, 1.165) is 24.4 Å². The van der Waals surface area contributed by atoms with Gasteiger partial charge in [-0.05, 0) is 18.1 Å². The highest BCUT2D eigenvalue weighted by molar-refractivity contribution is 5.13. The molecule has 0 saturated heterocycles. The van der Waals surface area contributed by atoms with Crippen LogP contribution in [0.5, 0.6) is 0 Å². The number of nitrogens with one attached hydrogen (secondary N) is 1. The monoisotopic (exact) mass is 247 g/mol. The first-order valence-corrected chi connectivity index (χ1v) is 5.94. The minimum atomic E-state index is -0.0414. The minimum Gasteiger partial charge on any atom is -0.271 e. The molecule has 0 bridgehead atoms. The largest absolute Gasteiger partial charge is 0.271 e. The lowest BCUT2D eigenvalue weighted by Crippen LogP contribution is -2.30. The quantitative estimate of drug-likeness (QED) is 0.560. The number of rotatable bonds is 6. The molecule has 7 heteroatoms. The van der Waals surface area contributed by atoms with Gasteiger partial charge >= 0.3 is 0 Å². The maximum absolute atomic E-state index is 5.59. The number of nitrogens with two attached hydrogens (primary N) is 1. The molecule has 0 aliphatic rings. The molecule has 0 amide bonds. The van der Waals surface area contributed by atoms with Gasteiger partial charge in [0.2, 0.25) is 0 Å². The Balaban J connectivity index is 2.13. The van der Waals surface area contributed by atoms with E-state index >= 15 is 0 Å². The van der Waals surface area contributed by atoms with Crippen LogP contribution in [-0.2, 0) is 13.0 Å². The topological polar surface area (TPSA) is 94.5 Å². The van der Waals surface area contributed by atoms with E-state index in [1.807, 2.05) is 10.7 Å². The van der Waals surface area contributed by atoms with Gasteiger partial charge in [0.1, 0.15) is 12.2 Å². The predicted octanol–water partition coefficient (Wildman–Crippen LogP) is 0.225. The van der Waals surface area contributed by atoms with Crippen LogP contribution in [0.1, 0.15) is 30.8 Å². The van der Waals surface area contributed by atoms with E-state index in [9.17, 15) is 0 Å². The van der Waals surface area contributed by atoms with Gasteiger partial charge in [0, 0.05) is 19.2 Å². The van der Waals surface area contributed by atoms with E-state index in [1.165, 1.54) is 0 Å². The molecule has 0 aromatic carbocycles. The van der Waals surface area contributed by atoms with E-state index in [4.69, 9.17) is 5.84 Å². The average Bonchev–Trinajstić information content (AvgIpc) is 2.85. The molecule has 2 rings (SSSR count). The predicted molar refractivity (Wildman–Crippen MR) is 66.1 cm³/mol. The lowest BCUT2D eigenvalue weighted by atomic mass is 10.1. The van der Waals surface area contributed by atoms with Crippen molar-refractivity contribution in [2.45, 2.75) is 32.4 Å². The molecule has 2 aromatic rings. The van der Waals surface area contributed by atoms with Crippen LogP contribution in [0.15, 0.2) is 24.8 Å². The van der Waals surface area contributed by atoms with Gasteiger partial charge in [0.15, 0.2) is 0 Å². The Morgan fingerprint density at radius 1 is 1.44 bits per heavy atom. The Morgan fingerprint density at radius 2 is 2.33 bits per heavy atom. The van der Waals surface area contributed by atoms with E-state index in [-0.39, 0.29) is 6.04 Å². The number of hydrazine groups is 1. The van der Waals surface area contributed by atoms with E-state index in [0.29, 0.717) is 6.42 Å². The second-order valence-electron chi connectivity index (χ2n) is 4.00. The Kier molecular flexibility index (Phi) is 4.32. The van der Waals surface area contributed by atoms with Gasteiger partial charge in [-0.25, -0.2) is 4.98 Å². The molecular weight excluding hydrogens is 230 g/mol. The number of nitrogens with zero attached hydrogens (tertiary/aromatic N) is 5.